The van der Waals surface area contributed by atoms with Gasteiger partial charge >= 0.3 is 5.69 Å². The average Bonchev–Trinajstić information content (AvgIpc) is 3.41. The molecule has 0 unspecified atom stereocenters. The van der Waals surface area contributed by atoms with E-state index in [0.29, 0.717) is 18.1 Å². The number of aromatic nitrogens is 2. The van der Waals surface area contributed by atoms with Gasteiger partial charge < -0.3 is 21.1 Å². The number of imidazole rings is 1. The first-order valence-electron chi connectivity index (χ1n) is 11.7. The van der Waals surface area contributed by atoms with Crippen molar-refractivity contribution in [2.75, 3.05) is 38.7 Å². The number of hydrogen-bond acceptors (Lipinski definition) is 5. The van der Waals surface area contributed by atoms with Crippen LogP contribution in [0.5, 0.6) is 5.75 Å². The molecule has 33 heavy (non-hydrogen) atoms. The van der Waals surface area contributed by atoms with Crippen molar-refractivity contribution in [1.82, 2.24) is 14.0 Å². The summed E-state index contributed by atoms with van der Waals surface area (Å²) >= 11 is 0. The zero-order chi connectivity index (χ0) is 23.5. The van der Waals surface area contributed by atoms with Crippen LogP contribution in [0.15, 0.2) is 47.3 Å². The molecule has 1 aromatic heterocycles. The second-order valence-electron chi connectivity index (χ2n) is 9.22. The number of anilines is 2. The van der Waals surface area contributed by atoms with Crippen LogP contribution >= 0.6 is 0 Å². The van der Waals surface area contributed by atoms with Gasteiger partial charge in [-0.05, 0) is 68.8 Å². The summed E-state index contributed by atoms with van der Waals surface area (Å²) in [7, 11) is 5.85. The largest absolute Gasteiger partial charge is 0.494 e. The standard InChI is InChI=1S/C26H35N5O2/c1-29(2)15-6-16-33-21-12-9-18(10-13-21)19-11-14-23(27)22(17-19)24-25(28)30(3)26(32)31(24)20-7-4-5-8-20/h9-14,17,20H,4-8,15-16,27-28H2,1-3H3. The van der Waals surface area contributed by atoms with Gasteiger partial charge in [0.1, 0.15) is 11.6 Å². The normalized spacial score (nSPS) is 14.3. The van der Waals surface area contributed by atoms with E-state index < -0.39 is 0 Å². The number of benzene rings is 2. The molecule has 0 atom stereocenters. The average molecular weight is 450 g/mol. The van der Waals surface area contributed by atoms with E-state index in [9.17, 15) is 4.79 Å². The molecule has 0 bridgehead atoms. The fourth-order valence-electron chi connectivity index (χ4n) is 4.67. The molecular formula is C26H35N5O2. The van der Waals surface area contributed by atoms with Crippen LogP contribution in [0.25, 0.3) is 22.4 Å². The number of nitrogen functional groups attached to an aromatic ring is 2. The maximum Gasteiger partial charge on any atom is 0.330 e. The summed E-state index contributed by atoms with van der Waals surface area (Å²) in [5.74, 6) is 1.31. The lowest BCUT2D eigenvalue weighted by molar-refractivity contribution is 0.281. The minimum atomic E-state index is -0.0741. The molecule has 4 rings (SSSR count). The van der Waals surface area contributed by atoms with Gasteiger partial charge in [0.05, 0.1) is 12.3 Å². The van der Waals surface area contributed by atoms with E-state index in [1.807, 2.05) is 34.9 Å². The van der Waals surface area contributed by atoms with Crippen LogP contribution in [0.3, 0.4) is 0 Å². The summed E-state index contributed by atoms with van der Waals surface area (Å²) in [6.07, 6.45) is 5.23. The van der Waals surface area contributed by atoms with Gasteiger partial charge in [-0.1, -0.05) is 31.0 Å². The SMILES string of the molecule is CN(C)CCCOc1ccc(-c2ccc(N)c(-c3c(N)n(C)c(=O)n3C3CCCC3)c2)cc1. The van der Waals surface area contributed by atoms with Crippen molar-refractivity contribution in [2.45, 2.75) is 38.1 Å². The molecule has 0 aliphatic heterocycles. The minimum Gasteiger partial charge on any atom is -0.494 e. The van der Waals surface area contributed by atoms with Gasteiger partial charge in [-0.15, -0.1) is 0 Å². The lowest BCUT2D eigenvalue weighted by Crippen LogP contribution is -2.25. The third-order valence-corrected chi connectivity index (χ3v) is 6.54. The Hall–Kier alpha value is -3.19. The van der Waals surface area contributed by atoms with Gasteiger partial charge in [0, 0.05) is 30.9 Å². The number of ether oxygens (including phenoxy) is 1. The molecule has 2 aromatic carbocycles. The molecule has 1 fully saturated rings. The first-order valence-corrected chi connectivity index (χ1v) is 11.7. The summed E-state index contributed by atoms with van der Waals surface area (Å²) in [6, 6.07) is 14.2. The van der Waals surface area contributed by atoms with Crippen LogP contribution in [-0.2, 0) is 7.05 Å². The molecule has 7 nitrogen and oxygen atoms in total. The summed E-state index contributed by atoms with van der Waals surface area (Å²) in [5.41, 5.74) is 17.0. The highest BCUT2D eigenvalue weighted by atomic mass is 16.5. The Bertz CT molecular complexity index is 1150. The van der Waals surface area contributed by atoms with Gasteiger partial charge in [-0.2, -0.15) is 0 Å². The van der Waals surface area contributed by atoms with Crippen LogP contribution in [0, 0.1) is 0 Å². The van der Waals surface area contributed by atoms with Crippen molar-refractivity contribution in [3.8, 4) is 28.1 Å². The number of hydrogen-bond donors (Lipinski definition) is 2. The quantitative estimate of drug-likeness (QED) is 0.399. The number of nitrogens with zero attached hydrogens (tertiary/aromatic N) is 3. The van der Waals surface area contributed by atoms with Gasteiger partial charge in [0.15, 0.2) is 0 Å². The zero-order valence-corrected chi connectivity index (χ0v) is 19.9. The van der Waals surface area contributed by atoms with E-state index in [-0.39, 0.29) is 11.7 Å². The molecule has 1 saturated carbocycles. The Balaban J connectivity index is 1.63. The van der Waals surface area contributed by atoms with Crippen LogP contribution in [-0.4, -0.2) is 41.3 Å². The van der Waals surface area contributed by atoms with E-state index in [4.69, 9.17) is 16.2 Å². The highest BCUT2D eigenvalue weighted by Gasteiger charge is 2.27. The summed E-state index contributed by atoms with van der Waals surface area (Å²) in [4.78, 5) is 15.2. The molecule has 176 valence electrons. The van der Waals surface area contributed by atoms with Crippen molar-refractivity contribution in [2.24, 2.45) is 7.05 Å². The Morgan fingerprint density at radius 2 is 1.70 bits per heavy atom. The highest BCUT2D eigenvalue weighted by Crippen LogP contribution is 2.38. The van der Waals surface area contributed by atoms with Gasteiger partial charge in [0.25, 0.3) is 0 Å². The van der Waals surface area contributed by atoms with Gasteiger partial charge in [-0.3, -0.25) is 9.13 Å². The van der Waals surface area contributed by atoms with E-state index in [0.717, 1.165) is 66.8 Å². The second-order valence-corrected chi connectivity index (χ2v) is 9.22. The van der Waals surface area contributed by atoms with E-state index in [2.05, 4.69) is 31.1 Å². The molecule has 1 aliphatic carbocycles. The van der Waals surface area contributed by atoms with Crippen molar-refractivity contribution >= 4 is 11.5 Å². The second kappa shape index (κ2) is 9.75. The predicted molar refractivity (Wildman–Crippen MR) is 136 cm³/mol. The number of rotatable bonds is 8. The third-order valence-electron chi connectivity index (χ3n) is 6.54. The lowest BCUT2D eigenvalue weighted by atomic mass is 9.99. The van der Waals surface area contributed by atoms with Crippen molar-refractivity contribution in [3.05, 3.63) is 52.9 Å². The Labute approximate surface area is 195 Å². The number of nitrogens with two attached hydrogens (primary N) is 2. The molecule has 1 aliphatic rings. The van der Waals surface area contributed by atoms with E-state index in [1.165, 1.54) is 4.57 Å². The topological polar surface area (TPSA) is 91.4 Å². The minimum absolute atomic E-state index is 0.0741. The smallest absolute Gasteiger partial charge is 0.330 e. The Morgan fingerprint density at radius 1 is 1.03 bits per heavy atom. The maximum absolute atomic E-state index is 13.0. The summed E-state index contributed by atoms with van der Waals surface area (Å²) in [5, 5.41) is 0. The molecule has 0 spiro atoms. The van der Waals surface area contributed by atoms with Crippen molar-refractivity contribution in [1.29, 1.82) is 0 Å². The van der Waals surface area contributed by atoms with Crippen molar-refractivity contribution in [3.63, 3.8) is 0 Å². The monoisotopic (exact) mass is 449 g/mol. The predicted octanol–water partition coefficient (Wildman–Crippen LogP) is 4.13. The maximum atomic E-state index is 13.0. The first kappa shape index (κ1) is 23.0. The molecular weight excluding hydrogens is 414 g/mol. The molecule has 7 heteroatoms. The van der Waals surface area contributed by atoms with Crippen LogP contribution < -0.4 is 21.9 Å². The lowest BCUT2D eigenvalue weighted by Gasteiger charge is -2.17. The summed E-state index contributed by atoms with van der Waals surface area (Å²) < 4.78 is 9.25. The van der Waals surface area contributed by atoms with Crippen LogP contribution in [0.4, 0.5) is 11.5 Å². The molecule has 3 aromatic rings. The van der Waals surface area contributed by atoms with Gasteiger partial charge in [0.2, 0.25) is 0 Å². The first-order chi connectivity index (χ1) is 15.9. The zero-order valence-electron chi connectivity index (χ0n) is 19.9. The highest BCUT2D eigenvalue weighted by molar-refractivity contribution is 5.85. The molecule has 0 amide bonds. The van der Waals surface area contributed by atoms with Crippen LogP contribution in [0.2, 0.25) is 0 Å². The van der Waals surface area contributed by atoms with Crippen molar-refractivity contribution < 1.29 is 4.74 Å². The summed E-state index contributed by atoms with van der Waals surface area (Å²) in [6.45, 7) is 1.69. The van der Waals surface area contributed by atoms with E-state index in [1.54, 1.807) is 7.05 Å². The molecule has 1 heterocycles. The molecule has 4 N–H and O–H groups in total. The van der Waals surface area contributed by atoms with Gasteiger partial charge in [-0.25, -0.2) is 4.79 Å². The Morgan fingerprint density at radius 3 is 2.36 bits per heavy atom. The van der Waals surface area contributed by atoms with E-state index >= 15 is 0 Å². The molecule has 0 saturated heterocycles. The molecule has 0 radical (unpaired) electrons. The fraction of sp³-hybridized carbons (Fsp3) is 0.423. The van der Waals surface area contributed by atoms with Crippen LogP contribution in [0.1, 0.15) is 38.1 Å². The third kappa shape index (κ3) is 4.78. The Kier molecular flexibility index (Phi) is 6.79. The fourth-order valence-corrected chi connectivity index (χ4v) is 4.67.